The highest BCUT2D eigenvalue weighted by Crippen LogP contribution is 2.38. The number of carbonyl (C=O) groups is 2. The van der Waals surface area contributed by atoms with Crippen molar-refractivity contribution in [1.82, 2.24) is 15.1 Å². The molecule has 0 aliphatic carbocycles. The smallest absolute Gasteiger partial charge is 0.317 e. The lowest BCUT2D eigenvalue weighted by atomic mass is 9.76. The molecule has 1 rings (SSSR count). The molecule has 0 radical (unpaired) electrons. The van der Waals surface area contributed by atoms with Gasteiger partial charge in [0.05, 0.1) is 5.41 Å². The first-order chi connectivity index (χ1) is 9.69. The van der Waals surface area contributed by atoms with Crippen LogP contribution in [0.3, 0.4) is 0 Å². The van der Waals surface area contributed by atoms with Crippen LogP contribution >= 0.6 is 0 Å². The molecule has 1 aliphatic rings. The van der Waals surface area contributed by atoms with E-state index in [1.165, 1.54) is 0 Å². The van der Waals surface area contributed by atoms with Crippen molar-refractivity contribution < 1.29 is 14.7 Å². The highest BCUT2D eigenvalue weighted by Gasteiger charge is 2.48. The summed E-state index contributed by atoms with van der Waals surface area (Å²) in [6.07, 6.45) is 1.40. The molecule has 6 heteroatoms. The standard InChI is InChI=1S/C15H29N3O3/c1-11(2)15(13(19)20)7-9-18(10-15)14(21)16-12(3)6-8-17(4)5/h11-12H,6-10H2,1-5H3,(H,16,21)(H,19,20). The highest BCUT2D eigenvalue weighted by atomic mass is 16.4. The number of amides is 2. The van der Waals surface area contributed by atoms with Crippen LogP contribution in [0.2, 0.25) is 0 Å². The van der Waals surface area contributed by atoms with Crippen LogP contribution in [0.1, 0.15) is 33.6 Å². The van der Waals surface area contributed by atoms with Gasteiger partial charge in [-0.3, -0.25) is 4.79 Å². The van der Waals surface area contributed by atoms with Gasteiger partial charge in [0.1, 0.15) is 0 Å². The molecule has 0 aromatic rings. The number of nitrogens with one attached hydrogen (secondary N) is 1. The Morgan fingerprint density at radius 3 is 2.38 bits per heavy atom. The molecular formula is C15H29N3O3. The number of aliphatic carboxylic acids is 1. The third-order valence-corrected chi connectivity index (χ3v) is 4.50. The van der Waals surface area contributed by atoms with E-state index in [1.807, 2.05) is 34.9 Å². The largest absolute Gasteiger partial charge is 0.481 e. The second-order valence-electron chi connectivity index (χ2n) is 6.73. The van der Waals surface area contributed by atoms with E-state index in [0.717, 1.165) is 13.0 Å². The average molecular weight is 299 g/mol. The number of carboxylic acids is 1. The van der Waals surface area contributed by atoms with Gasteiger partial charge in [0.15, 0.2) is 0 Å². The van der Waals surface area contributed by atoms with E-state index in [1.54, 1.807) is 4.90 Å². The Kier molecular flexibility index (Phi) is 6.01. The molecule has 0 aromatic carbocycles. The van der Waals surface area contributed by atoms with E-state index in [2.05, 4.69) is 10.2 Å². The number of hydrogen-bond donors (Lipinski definition) is 2. The third kappa shape index (κ3) is 4.33. The normalized spacial score (nSPS) is 23.7. The molecule has 2 N–H and O–H groups in total. The summed E-state index contributed by atoms with van der Waals surface area (Å²) in [5, 5.41) is 12.5. The van der Waals surface area contributed by atoms with Gasteiger partial charge in [-0.1, -0.05) is 13.8 Å². The molecule has 1 saturated heterocycles. The Labute approximate surface area is 127 Å². The molecule has 122 valence electrons. The molecule has 1 fully saturated rings. The first kappa shape index (κ1) is 17.8. The number of nitrogens with zero attached hydrogens (tertiary/aromatic N) is 2. The molecular weight excluding hydrogens is 270 g/mol. The van der Waals surface area contributed by atoms with Crippen LogP contribution in [0, 0.1) is 11.3 Å². The van der Waals surface area contributed by atoms with Crippen molar-refractivity contribution in [1.29, 1.82) is 0 Å². The monoisotopic (exact) mass is 299 g/mol. The molecule has 0 spiro atoms. The van der Waals surface area contributed by atoms with Gasteiger partial charge in [0.2, 0.25) is 0 Å². The second kappa shape index (κ2) is 7.11. The van der Waals surface area contributed by atoms with Gasteiger partial charge >= 0.3 is 12.0 Å². The fourth-order valence-corrected chi connectivity index (χ4v) is 2.73. The summed E-state index contributed by atoms with van der Waals surface area (Å²) in [5.74, 6) is -0.785. The van der Waals surface area contributed by atoms with Crippen molar-refractivity contribution in [2.75, 3.05) is 33.7 Å². The lowest BCUT2D eigenvalue weighted by Gasteiger charge is -2.29. The number of carbonyl (C=O) groups excluding carboxylic acids is 1. The third-order valence-electron chi connectivity index (χ3n) is 4.50. The first-order valence-corrected chi connectivity index (χ1v) is 7.62. The van der Waals surface area contributed by atoms with E-state index in [9.17, 15) is 14.7 Å². The zero-order valence-corrected chi connectivity index (χ0v) is 13.8. The predicted octanol–water partition coefficient (Wildman–Crippen LogP) is 1.47. The van der Waals surface area contributed by atoms with Gasteiger partial charge in [-0.2, -0.15) is 0 Å². The van der Waals surface area contributed by atoms with Gasteiger partial charge in [0, 0.05) is 19.1 Å². The summed E-state index contributed by atoms with van der Waals surface area (Å²) in [6, 6.07) is -0.0659. The maximum Gasteiger partial charge on any atom is 0.317 e. The van der Waals surface area contributed by atoms with E-state index < -0.39 is 11.4 Å². The molecule has 2 unspecified atom stereocenters. The maximum atomic E-state index is 12.2. The first-order valence-electron chi connectivity index (χ1n) is 7.62. The number of rotatable bonds is 6. The van der Waals surface area contributed by atoms with Gasteiger partial charge in [-0.15, -0.1) is 0 Å². The maximum absolute atomic E-state index is 12.2. The van der Waals surface area contributed by atoms with Crippen LogP contribution in [0.15, 0.2) is 0 Å². The fourth-order valence-electron chi connectivity index (χ4n) is 2.73. The van der Waals surface area contributed by atoms with Crippen LogP contribution in [0.25, 0.3) is 0 Å². The van der Waals surface area contributed by atoms with Crippen molar-refractivity contribution >= 4 is 12.0 Å². The fraction of sp³-hybridized carbons (Fsp3) is 0.867. The topological polar surface area (TPSA) is 72.9 Å². The van der Waals surface area contributed by atoms with Crippen molar-refractivity contribution in [2.24, 2.45) is 11.3 Å². The Bertz CT molecular complexity index is 384. The van der Waals surface area contributed by atoms with Crippen molar-refractivity contribution in [3.05, 3.63) is 0 Å². The predicted molar refractivity (Wildman–Crippen MR) is 82.3 cm³/mol. The molecule has 1 heterocycles. The molecule has 1 aliphatic heterocycles. The van der Waals surface area contributed by atoms with Crippen LogP contribution in [-0.2, 0) is 4.79 Å². The lowest BCUT2D eigenvalue weighted by Crippen LogP contribution is -2.46. The van der Waals surface area contributed by atoms with Crippen LogP contribution < -0.4 is 5.32 Å². The molecule has 0 bridgehead atoms. The Balaban J connectivity index is 2.56. The summed E-state index contributed by atoms with van der Waals surface area (Å²) in [7, 11) is 4.00. The Morgan fingerprint density at radius 2 is 1.95 bits per heavy atom. The number of urea groups is 1. The van der Waals surface area contributed by atoms with Crippen LogP contribution in [0.4, 0.5) is 4.79 Å². The minimum atomic E-state index is -0.801. The SMILES string of the molecule is CC(CCN(C)C)NC(=O)N1CCC(C(=O)O)(C(C)C)C1. The number of hydrogen-bond acceptors (Lipinski definition) is 3. The summed E-state index contributed by atoms with van der Waals surface area (Å²) in [6.45, 7) is 7.52. The summed E-state index contributed by atoms with van der Waals surface area (Å²) in [5.41, 5.74) is -0.801. The van der Waals surface area contributed by atoms with Crippen molar-refractivity contribution in [3.8, 4) is 0 Å². The van der Waals surface area contributed by atoms with E-state index in [4.69, 9.17) is 0 Å². The van der Waals surface area contributed by atoms with Gasteiger partial charge in [-0.05, 0) is 46.3 Å². The molecule has 2 atom stereocenters. The van der Waals surface area contributed by atoms with Gasteiger partial charge in [0.25, 0.3) is 0 Å². The zero-order chi connectivity index (χ0) is 16.2. The van der Waals surface area contributed by atoms with Gasteiger partial charge < -0.3 is 20.2 Å². The quantitative estimate of drug-likeness (QED) is 0.779. The molecule has 21 heavy (non-hydrogen) atoms. The van der Waals surface area contributed by atoms with E-state index in [0.29, 0.717) is 19.5 Å². The van der Waals surface area contributed by atoms with Crippen molar-refractivity contribution in [2.45, 2.75) is 39.7 Å². The molecule has 6 nitrogen and oxygen atoms in total. The Hall–Kier alpha value is -1.30. The minimum Gasteiger partial charge on any atom is -0.481 e. The second-order valence-corrected chi connectivity index (χ2v) is 6.73. The summed E-state index contributed by atoms with van der Waals surface area (Å²) >= 11 is 0. The van der Waals surface area contributed by atoms with Gasteiger partial charge in [-0.25, -0.2) is 4.79 Å². The van der Waals surface area contributed by atoms with Crippen LogP contribution in [-0.4, -0.2) is 66.7 Å². The molecule has 0 aromatic heterocycles. The highest BCUT2D eigenvalue weighted by molar-refractivity contribution is 5.80. The number of carboxylic acid groups (broad SMARTS) is 1. The minimum absolute atomic E-state index is 0.0129. The van der Waals surface area contributed by atoms with Crippen molar-refractivity contribution in [3.63, 3.8) is 0 Å². The summed E-state index contributed by atoms with van der Waals surface area (Å²) < 4.78 is 0. The Morgan fingerprint density at radius 1 is 1.33 bits per heavy atom. The summed E-state index contributed by atoms with van der Waals surface area (Å²) in [4.78, 5) is 27.5. The lowest BCUT2D eigenvalue weighted by molar-refractivity contribution is -0.150. The molecule has 2 amide bonds. The number of likely N-dealkylation sites (tertiary alicyclic amines) is 1. The average Bonchev–Trinajstić information content (AvgIpc) is 2.82. The van der Waals surface area contributed by atoms with E-state index in [-0.39, 0.29) is 18.0 Å². The zero-order valence-electron chi connectivity index (χ0n) is 13.8. The molecule has 0 saturated carbocycles. The van der Waals surface area contributed by atoms with E-state index >= 15 is 0 Å². The van der Waals surface area contributed by atoms with Crippen LogP contribution in [0.5, 0.6) is 0 Å².